The molecule has 1 amide bonds. The first kappa shape index (κ1) is 19.6. The summed E-state index contributed by atoms with van der Waals surface area (Å²) < 4.78 is 19.8. The van der Waals surface area contributed by atoms with E-state index in [2.05, 4.69) is 5.32 Å². The smallest absolute Gasteiger partial charge is 0.266 e. The molecule has 5 nitrogen and oxygen atoms in total. The SMILES string of the molecule is Cc1cccc(NC(=O)/C(C#N)=C\c2ccc(N3CCOCC3)c(F)c2)c1C. The van der Waals surface area contributed by atoms with Crippen LogP contribution in [0.4, 0.5) is 15.8 Å². The number of morpholine rings is 1. The van der Waals surface area contributed by atoms with Crippen LogP contribution in [0.3, 0.4) is 0 Å². The monoisotopic (exact) mass is 379 g/mol. The molecule has 1 fully saturated rings. The van der Waals surface area contributed by atoms with Crippen molar-refractivity contribution < 1.29 is 13.9 Å². The van der Waals surface area contributed by atoms with E-state index in [-0.39, 0.29) is 11.4 Å². The van der Waals surface area contributed by atoms with Crippen LogP contribution in [0.5, 0.6) is 0 Å². The Balaban J connectivity index is 1.80. The largest absolute Gasteiger partial charge is 0.378 e. The van der Waals surface area contributed by atoms with E-state index in [1.807, 2.05) is 36.9 Å². The number of hydrogen-bond acceptors (Lipinski definition) is 4. The average Bonchev–Trinajstić information content (AvgIpc) is 2.70. The molecule has 1 saturated heterocycles. The van der Waals surface area contributed by atoms with Gasteiger partial charge in [0, 0.05) is 18.8 Å². The number of rotatable bonds is 4. The molecule has 0 unspecified atom stereocenters. The van der Waals surface area contributed by atoms with Gasteiger partial charge in [-0.1, -0.05) is 18.2 Å². The lowest BCUT2D eigenvalue weighted by Gasteiger charge is -2.29. The Hall–Kier alpha value is -3.17. The molecule has 0 saturated carbocycles. The van der Waals surface area contributed by atoms with Crippen LogP contribution in [0.1, 0.15) is 16.7 Å². The maximum absolute atomic E-state index is 14.5. The van der Waals surface area contributed by atoms with Crippen molar-refractivity contribution in [3.8, 4) is 6.07 Å². The zero-order chi connectivity index (χ0) is 20.1. The van der Waals surface area contributed by atoms with Crippen molar-refractivity contribution in [2.24, 2.45) is 0 Å². The van der Waals surface area contributed by atoms with Gasteiger partial charge < -0.3 is 15.0 Å². The number of carbonyl (C=O) groups excluding carboxylic acids is 1. The van der Waals surface area contributed by atoms with Crippen molar-refractivity contribution in [1.29, 1.82) is 5.26 Å². The van der Waals surface area contributed by atoms with E-state index in [0.717, 1.165) is 11.1 Å². The highest BCUT2D eigenvalue weighted by Crippen LogP contribution is 2.23. The van der Waals surface area contributed by atoms with E-state index in [9.17, 15) is 14.4 Å². The van der Waals surface area contributed by atoms with E-state index in [1.165, 1.54) is 12.1 Å². The topological polar surface area (TPSA) is 65.4 Å². The Morgan fingerprint density at radius 3 is 2.68 bits per heavy atom. The predicted molar refractivity (Wildman–Crippen MR) is 108 cm³/mol. The number of benzene rings is 2. The highest BCUT2D eigenvalue weighted by Gasteiger charge is 2.16. The number of nitrogens with one attached hydrogen (secondary N) is 1. The van der Waals surface area contributed by atoms with Crippen molar-refractivity contribution in [1.82, 2.24) is 0 Å². The normalized spacial score (nSPS) is 14.5. The van der Waals surface area contributed by atoms with E-state index in [1.54, 1.807) is 18.2 Å². The minimum Gasteiger partial charge on any atom is -0.378 e. The molecule has 0 bridgehead atoms. The minimum atomic E-state index is -0.520. The third-order valence-corrected chi connectivity index (χ3v) is 4.85. The van der Waals surface area contributed by atoms with Crippen molar-refractivity contribution in [3.63, 3.8) is 0 Å². The number of nitrogens with zero attached hydrogens (tertiary/aromatic N) is 2. The number of carbonyl (C=O) groups is 1. The summed E-state index contributed by atoms with van der Waals surface area (Å²) in [6.07, 6.45) is 1.40. The van der Waals surface area contributed by atoms with Crippen molar-refractivity contribution in [2.45, 2.75) is 13.8 Å². The molecule has 0 radical (unpaired) electrons. The lowest BCUT2D eigenvalue weighted by atomic mass is 10.1. The summed E-state index contributed by atoms with van der Waals surface area (Å²) in [5.74, 6) is -0.906. The molecule has 2 aromatic carbocycles. The van der Waals surface area contributed by atoms with Crippen LogP contribution in [0.25, 0.3) is 6.08 Å². The molecule has 2 aromatic rings. The van der Waals surface area contributed by atoms with Gasteiger partial charge in [-0.3, -0.25) is 4.79 Å². The number of aryl methyl sites for hydroxylation is 1. The Morgan fingerprint density at radius 1 is 1.25 bits per heavy atom. The van der Waals surface area contributed by atoms with Crippen LogP contribution < -0.4 is 10.2 Å². The molecular formula is C22H22FN3O2. The first-order valence-corrected chi connectivity index (χ1v) is 9.11. The Morgan fingerprint density at radius 2 is 2.00 bits per heavy atom. The lowest BCUT2D eigenvalue weighted by Crippen LogP contribution is -2.36. The summed E-state index contributed by atoms with van der Waals surface area (Å²) in [4.78, 5) is 14.4. The predicted octanol–water partition coefficient (Wildman–Crippen LogP) is 3.82. The lowest BCUT2D eigenvalue weighted by molar-refractivity contribution is -0.112. The highest BCUT2D eigenvalue weighted by atomic mass is 19.1. The molecule has 3 rings (SSSR count). The molecule has 28 heavy (non-hydrogen) atoms. The molecule has 1 aliphatic rings. The molecule has 1 N–H and O–H groups in total. The van der Waals surface area contributed by atoms with Gasteiger partial charge in [0.2, 0.25) is 0 Å². The molecule has 1 aliphatic heterocycles. The molecule has 0 aliphatic carbocycles. The summed E-state index contributed by atoms with van der Waals surface area (Å²) in [6.45, 7) is 6.25. The highest BCUT2D eigenvalue weighted by molar-refractivity contribution is 6.10. The van der Waals surface area contributed by atoms with Crippen LogP contribution in [0.2, 0.25) is 0 Å². The molecule has 0 spiro atoms. The molecule has 0 atom stereocenters. The number of anilines is 2. The summed E-state index contributed by atoms with van der Waals surface area (Å²) >= 11 is 0. The van der Waals surface area contributed by atoms with Gasteiger partial charge in [-0.05, 0) is 54.8 Å². The maximum Gasteiger partial charge on any atom is 0.266 e. The van der Waals surface area contributed by atoms with Gasteiger partial charge in [-0.15, -0.1) is 0 Å². The van der Waals surface area contributed by atoms with Crippen LogP contribution >= 0.6 is 0 Å². The fourth-order valence-electron chi connectivity index (χ4n) is 3.07. The molecule has 144 valence electrons. The molecule has 1 heterocycles. The van der Waals surface area contributed by atoms with Gasteiger partial charge in [-0.25, -0.2) is 4.39 Å². The van der Waals surface area contributed by atoms with Crippen LogP contribution in [0.15, 0.2) is 42.0 Å². The second-order valence-corrected chi connectivity index (χ2v) is 6.68. The average molecular weight is 379 g/mol. The summed E-state index contributed by atoms with van der Waals surface area (Å²) in [5, 5.41) is 12.1. The van der Waals surface area contributed by atoms with Crippen LogP contribution in [-0.4, -0.2) is 32.2 Å². The fourth-order valence-corrected chi connectivity index (χ4v) is 3.07. The third-order valence-electron chi connectivity index (χ3n) is 4.85. The minimum absolute atomic E-state index is 0.0839. The summed E-state index contributed by atoms with van der Waals surface area (Å²) in [7, 11) is 0. The van der Waals surface area contributed by atoms with Crippen molar-refractivity contribution >= 4 is 23.4 Å². The van der Waals surface area contributed by atoms with Crippen molar-refractivity contribution in [2.75, 3.05) is 36.5 Å². The quantitative estimate of drug-likeness (QED) is 0.648. The first-order chi connectivity index (χ1) is 13.5. The summed E-state index contributed by atoms with van der Waals surface area (Å²) in [6, 6.07) is 12.2. The number of nitriles is 1. The van der Waals surface area contributed by atoms with Gasteiger partial charge in [0.15, 0.2) is 0 Å². The maximum atomic E-state index is 14.5. The summed E-state index contributed by atoms with van der Waals surface area (Å²) in [5.41, 5.74) is 3.51. The van der Waals surface area contributed by atoms with E-state index in [4.69, 9.17) is 4.74 Å². The van der Waals surface area contributed by atoms with Crippen molar-refractivity contribution in [3.05, 3.63) is 64.5 Å². The van der Waals surface area contributed by atoms with Gasteiger partial charge in [0.25, 0.3) is 5.91 Å². The molecule has 6 heteroatoms. The second-order valence-electron chi connectivity index (χ2n) is 6.68. The number of ether oxygens (including phenoxy) is 1. The number of amides is 1. The van der Waals surface area contributed by atoms with E-state index >= 15 is 0 Å². The standard InChI is InChI=1S/C22H22FN3O2/c1-15-4-3-5-20(16(15)2)25-22(27)18(14-24)12-17-6-7-21(19(23)13-17)26-8-10-28-11-9-26/h3-7,12-13H,8-11H2,1-2H3,(H,25,27)/b18-12-. The van der Waals surface area contributed by atoms with Gasteiger partial charge in [0.1, 0.15) is 17.5 Å². The van der Waals surface area contributed by atoms with Gasteiger partial charge in [-0.2, -0.15) is 5.26 Å². The van der Waals surface area contributed by atoms with E-state index < -0.39 is 5.91 Å². The first-order valence-electron chi connectivity index (χ1n) is 9.11. The van der Waals surface area contributed by atoms with Crippen LogP contribution in [0, 0.1) is 31.0 Å². The zero-order valence-electron chi connectivity index (χ0n) is 16.0. The van der Waals surface area contributed by atoms with E-state index in [0.29, 0.717) is 43.2 Å². The van der Waals surface area contributed by atoms with Gasteiger partial charge in [0.05, 0.1) is 18.9 Å². The second kappa shape index (κ2) is 8.68. The Labute approximate surface area is 164 Å². The number of halogens is 1. The Bertz CT molecular complexity index is 957. The Kier molecular flexibility index (Phi) is 6.07. The van der Waals surface area contributed by atoms with Crippen LogP contribution in [-0.2, 0) is 9.53 Å². The molecular weight excluding hydrogens is 357 g/mol. The van der Waals surface area contributed by atoms with Gasteiger partial charge >= 0.3 is 0 Å². The molecule has 0 aromatic heterocycles. The third kappa shape index (κ3) is 4.38. The zero-order valence-corrected chi connectivity index (χ0v) is 16.0. The number of hydrogen-bond donors (Lipinski definition) is 1. The fraction of sp³-hybridized carbons (Fsp3) is 0.273.